The number of pyridine rings is 1. The first kappa shape index (κ1) is 12.6. The highest BCUT2D eigenvalue weighted by atomic mass is 16.5. The van der Waals surface area contributed by atoms with E-state index >= 15 is 0 Å². The van der Waals surface area contributed by atoms with Crippen molar-refractivity contribution >= 4 is 5.97 Å². The van der Waals surface area contributed by atoms with E-state index in [2.05, 4.69) is 9.72 Å². The van der Waals surface area contributed by atoms with Crippen LogP contribution in [0.5, 0.6) is 0 Å². The summed E-state index contributed by atoms with van der Waals surface area (Å²) in [5, 5.41) is 19.4. The SMILES string of the molecule is COC(=O)CC(O)C(O)c1cccnc1C. The Morgan fingerprint density at radius 3 is 2.81 bits per heavy atom. The van der Waals surface area contributed by atoms with E-state index in [9.17, 15) is 15.0 Å². The van der Waals surface area contributed by atoms with Gasteiger partial charge in [0.05, 0.1) is 19.6 Å². The van der Waals surface area contributed by atoms with Crippen LogP contribution >= 0.6 is 0 Å². The first-order valence-corrected chi connectivity index (χ1v) is 4.90. The van der Waals surface area contributed by atoms with E-state index in [1.54, 1.807) is 25.3 Å². The van der Waals surface area contributed by atoms with E-state index in [0.29, 0.717) is 11.3 Å². The summed E-state index contributed by atoms with van der Waals surface area (Å²) >= 11 is 0. The van der Waals surface area contributed by atoms with E-state index < -0.39 is 18.2 Å². The van der Waals surface area contributed by atoms with Crippen molar-refractivity contribution in [2.45, 2.75) is 25.6 Å². The van der Waals surface area contributed by atoms with E-state index in [1.807, 2.05) is 0 Å². The standard InChI is InChI=1S/C11H15NO4/c1-7-8(4-3-5-12-7)11(15)9(13)6-10(14)16-2/h3-5,9,11,13,15H,6H2,1-2H3. The molecule has 0 bridgehead atoms. The highest BCUT2D eigenvalue weighted by molar-refractivity contribution is 5.69. The van der Waals surface area contributed by atoms with Gasteiger partial charge in [-0.05, 0) is 13.0 Å². The maximum atomic E-state index is 10.9. The number of methoxy groups -OCH3 is 1. The van der Waals surface area contributed by atoms with E-state index in [1.165, 1.54) is 7.11 Å². The molecule has 1 aromatic rings. The zero-order valence-corrected chi connectivity index (χ0v) is 9.25. The summed E-state index contributed by atoms with van der Waals surface area (Å²) in [7, 11) is 1.23. The third-order valence-electron chi connectivity index (χ3n) is 2.33. The number of rotatable bonds is 4. The summed E-state index contributed by atoms with van der Waals surface area (Å²) in [6, 6.07) is 3.32. The van der Waals surface area contributed by atoms with E-state index in [-0.39, 0.29) is 6.42 Å². The van der Waals surface area contributed by atoms with Gasteiger partial charge in [0.1, 0.15) is 6.10 Å². The lowest BCUT2D eigenvalue weighted by molar-refractivity contribution is -0.144. The van der Waals surface area contributed by atoms with Crippen LogP contribution in [-0.4, -0.2) is 34.4 Å². The third kappa shape index (κ3) is 3.01. The molecule has 88 valence electrons. The minimum atomic E-state index is -1.18. The second-order valence-corrected chi connectivity index (χ2v) is 3.47. The zero-order chi connectivity index (χ0) is 12.1. The van der Waals surface area contributed by atoms with Crippen molar-refractivity contribution in [2.24, 2.45) is 0 Å². The molecular formula is C11H15NO4. The van der Waals surface area contributed by atoms with Crippen LogP contribution in [0.2, 0.25) is 0 Å². The molecule has 0 fully saturated rings. The molecule has 5 heteroatoms. The Labute approximate surface area is 93.7 Å². The fraction of sp³-hybridized carbons (Fsp3) is 0.455. The van der Waals surface area contributed by atoms with Gasteiger partial charge in [-0.15, -0.1) is 0 Å². The van der Waals surface area contributed by atoms with Gasteiger partial charge in [-0.2, -0.15) is 0 Å². The van der Waals surface area contributed by atoms with Crippen LogP contribution in [0, 0.1) is 6.92 Å². The molecule has 16 heavy (non-hydrogen) atoms. The van der Waals surface area contributed by atoms with Crippen LogP contribution in [0.4, 0.5) is 0 Å². The van der Waals surface area contributed by atoms with Crippen LogP contribution in [0.15, 0.2) is 18.3 Å². The molecule has 0 aliphatic heterocycles. The van der Waals surface area contributed by atoms with E-state index in [4.69, 9.17) is 0 Å². The first-order valence-electron chi connectivity index (χ1n) is 4.90. The van der Waals surface area contributed by atoms with Gasteiger partial charge in [0.25, 0.3) is 0 Å². The van der Waals surface area contributed by atoms with Crippen LogP contribution in [0.25, 0.3) is 0 Å². The Morgan fingerprint density at radius 2 is 2.25 bits per heavy atom. The molecule has 0 saturated carbocycles. The Hall–Kier alpha value is -1.46. The quantitative estimate of drug-likeness (QED) is 0.723. The molecule has 0 aliphatic rings. The number of hydrogen-bond acceptors (Lipinski definition) is 5. The van der Waals surface area contributed by atoms with Gasteiger partial charge in [0.15, 0.2) is 0 Å². The molecule has 0 spiro atoms. The largest absolute Gasteiger partial charge is 0.469 e. The maximum absolute atomic E-state index is 10.9. The van der Waals surface area contributed by atoms with Crippen molar-refractivity contribution in [2.75, 3.05) is 7.11 Å². The topological polar surface area (TPSA) is 79.7 Å². The summed E-state index contributed by atoms with van der Waals surface area (Å²) in [4.78, 5) is 14.9. The molecule has 1 rings (SSSR count). The molecular weight excluding hydrogens is 210 g/mol. The van der Waals surface area contributed by atoms with Gasteiger partial charge in [0, 0.05) is 17.5 Å². The van der Waals surface area contributed by atoms with Crippen molar-refractivity contribution in [3.8, 4) is 0 Å². The number of aryl methyl sites for hydroxylation is 1. The summed E-state index contributed by atoms with van der Waals surface area (Å²) in [5.41, 5.74) is 1.14. The average Bonchev–Trinajstić information content (AvgIpc) is 2.28. The number of aliphatic hydroxyl groups excluding tert-OH is 2. The fourth-order valence-electron chi connectivity index (χ4n) is 1.38. The van der Waals surface area contributed by atoms with Crippen LogP contribution in [0.1, 0.15) is 23.8 Å². The zero-order valence-electron chi connectivity index (χ0n) is 9.25. The fourth-order valence-corrected chi connectivity index (χ4v) is 1.38. The molecule has 0 aromatic carbocycles. The van der Waals surface area contributed by atoms with Crippen molar-refractivity contribution in [3.63, 3.8) is 0 Å². The number of carbonyl (C=O) groups is 1. The second kappa shape index (κ2) is 5.58. The average molecular weight is 225 g/mol. The van der Waals surface area contributed by atoms with Gasteiger partial charge in [-0.3, -0.25) is 9.78 Å². The van der Waals surface area contributed by atoms with Gasteiger partial charge in [0.2, 0.25) is 0 Å². The molecule has 2 unspecified atom stereocenters. The number of carbonyl (C=O) groups excluding carboxylic acids is 1. The number of aromatic nitrogens is 1. The predicted molar refractivity (Wildman–Crippen MR) is 56.6 cm³/mol. The Morgan fingerprint density at radius 1 is 1.56 bits per heavy atom. The number of ether oxygens (including phenoxy) is 1. The highest BCUT2D eigenvalue weighted by Crippen LogP contribution is 2.20. The van der Waals surface area contributed by atoms with Gasteiger partial charge < -0.3 is 14.9 Å². The van der Waals surface area contributed by atoms with Gasteiger partial charge in [-0.1, -0.05) is 6.07 Å². The monoisotopic (exact) mass is 225 g/mol. The number of nitrogens with zero attached hydrogens (tertiary/aromatic N) is 1. The van der Waals surface area contributed by atoms with Crippen molar-refractivity contribution in [1.29, 1.82) is 0 Å². The molecule has 1 heterocycles. The normalized spacial score (nSPS) is 14.2. The van der Waals surface area contributed by atoms with Crippen molar-refractivity contribution in [3.05, 3.63) is 29.6 Å². The molecule has 0 aliphatic carbocycles. The van der Waals surface area contributed by atoms with Crippen molar-refractivity contribution in [1.82, 2.24) is 4.98 Å². The predicted octanol–water partition coefficient (Wildman–Crippen LogP) is 0.347. The molecule has 2 atom stereocenters. The molecule has 2 N–H and O–H groups in total. The minimum absolute atomic E-state index is 0.244. The first-order chi connectivity index (χ1) is 7.56. The van der Waals surface area contributed by atoms with Crippen molar-refractivity contribution < 1.29 is 19.7 Å². The Balaban J connectivity index is 2.74. The summed E-state index contributed by atoms with van der Waals surface area (Å²) in [6.45, 7) is 1.73. The Kier molecular flexibility index (Phi) is 4.39. The van der Waals surface area contributed by atoms with E-state index in [0.717, 1.165) is 0 Å². The lowest BCUT2D eigenvalue weighted by Gasteiger charge is -2.18. The van der Waals surface area contributed by atoms with Crippen LogP contribution in [0.3, 0.4) is 0 Å². The molecule has 0 amide bonds. The third-order valence-corrected chi connectivity index (χ3v) is 2.33. The number of esters is 1. The number of aliphatic hydroxyl groups is 2. The molecule has 0 radical (unpaired) electrons. The van der Waals surface area contributed by atoms with Gasteiger partial charge >= 0.3 is 5.97 Å². The van der Waals surface area contributed by atoms with Crippen LogP contribution < -0.4 is 0 Å². The summed E-state index contributed by atoms with van der Waals surface area (Å²) < 4.78 is 4.41. The highest BCUT2D eigenvalue weighted by Gasteiger charge is 2.23. The second-order valence-electron chi connectivity index (χ2n) is 3.47. The lowest BCUT2D eigenvalue weighted by Crippen LogP contribution is -2.23. The van der Waals surface area contributed by atoms with Crippen LogP contribution in [-0.2, 0) is 9.53 Å². The summed E-state index contributed by atoms with van der Waals surface area (Å²) in [5.74, 6) is -0.562. The molecule has 1 aromatic heterocycles. The molecule has 5 nitrogen and oxygen atoms in total. The summed E-state index contributed by atoms with van der Waals surface area (Å²) in [6.07, 6.45) is -0.965. The molecule has 0 saturated heterocycles. The van der Waals surface area contributed by atoms with Gasteiger partial charge in [-0.25, -0.2) is 0 Å². The number of hydrogen-bond donors (Lipinski definition) is 2. The Bertz CT molecular complexity index is 367. The lowest BCUT2D eigenvalue weighted by atomic mass is 10.0. The minimum Gasteiger partial charge on any atom is -0.469 e. The maximum Gasteiger partial charge on any atom is 0.308 e. The smallest absolute Gasteiger partial charge is 0.308 e.